The highest BCUT2D eigenvalue weighted by molar-refractivity contribution is 6.42. The Kier molecular flexibility index (Phi) is 5.69. The summed E-state index contributed by atoms with van der Waals surface area (Å²) in [5, 5.41) is 6.42. The molecule has 2 aliphatic rings. The van der Waals surface area contributed by atoms with Crippen LogP contribution in [0.4, 0.5) is 19.5 Å². The van der Waals surface area contributed by atoms with E-state index in [-0.39, 0.29) is 31.5 Å². The van der Waals surface area contributed by atoms with Crippen LogP contribution in [0.5, 0.6) is 0 Å². The Labute approximate surface area is 181 Å². The Morgan fingerprint density at radius 3 is 2.77 bits per heavy atom. The summed E-state index contributed by atoms with van der Waals surface area (Å²) in [6, 6.07) is 4.23. The topological polar surface area (TPSA) is 96.2 Å². The zero-order chi connectivity index (χ0) is 21.5. The standard InChI is InChI=1S/C19H20Cl2F2N6O/c20-13-2-1-10(5-14(13)21)16(24)28-18(30)29-4-3-11-8-25-17(27-15(11)9-29)26-12-6-19(22,23)7-12/h1-2,5,8,12,16H,3-4,6-7,9,24H2,(H,28,30)(H,25,26,27)/t16-/m0/s1. The molecule has 7 nitrogen and oxygen atoms in total. The maximum atomic E-state index is 13.0. The molecule has 2 aromatic rings. The van der Waals surface area contributed by atoms with E-state index in [4.69, 9.17) is 28.9 Å². The predicted octanol–water partition coefficient (Wildman–Crippen LogP) is 3.72. The lowest BCUT2D eigenvalue weighted by Gasteiger charge is -2.35. The number of nitrogens with one attached hydrogen (secondary N) is 2. The number of urea groups is 1. The number of halogens is 4. The minimum Gasteiger partial charge on any atom is -0.351 e. The average Bonchev–Trinajstić information content (AvgIpc) is 2.68. The van der Waals surface area contributed by atoms with Crippen LogP contribution in [0.25, 0.3) is 0 Å². The summed E-state index contributed by atoms with van der Waals surface area (Å²) < 4.78 is 26.0. The highest BCUT2D eigenvalue weighted by atomic mass is 35.5. The van der Waals surface area contributed by atoms with E-state index in [1.165, 1.54) is 0 Å². The first-order chi connectivity index (χ1) is 14.2. The van der Waals surface area contributed by atoms with E-state index in [0.717, 1.165) is 5.56 Å². The first-order valence-corrected chi connectivity index (χ1v) is 10.2. The molecular weight excluding hydrogens is 437 g/mol. The van der Waals surface area contributed by atoms with Gasteiger partial charge in [-0.15, -0.1) is 0 Å². The number of hydrogen-bond acceptors (Lipinski definition) is 5. The molecule has 0 radical (unpaired) electrons. The molecule has 2 amide bonds. The van der Waals surface area contributed by atoms with Gasteiger partial charge in [-0.3, -0.25) is 0 Å². The van der Waals surface area contributed by atoms with E-state index in [0.29, 0.717) is 40.2 Å². The van der Waals surface area contributed by atoms with Crippen molar-refractivity contribution in [2.24, 2.45) is 5.73 Å². The highest BCUT2D eigenvalue weighted by Gasteiger charge is 2.45. The Morgan fingerprint density at radius 1 is 1.30 bits per heavy atom. The van der Waals surface area contributed by atoms with Crippen molar-refractivity contribution < 1.29 is 13.6 Å². The Hall–Kier alpha value is -2.23. The molecule has 160 valence electrons. The van der Waals surface area contributed by atoms with Gasteiger partial charge in [-0.05, 0) is 29.7 Å². The van der Waals surface area contributed by atoms with E-state index in [1.807, 2.05) is 0 Å². The minimum absolute atomic E-state index is 0.228. The molecule has 1 aromatic carbocycles. The van der Waals surface area contributed by atoms with E-state index < -0.39 is 12.1 Å². The summed E-state index contributed by atoms with van der Waals surface area (Å²) in [5.74, 6) is -2.32. The molecule has 0 unspecified atom stereocenters. The van der Waals surface area contributed by atoms with Crippen LogP contribution in [0.1, 0.15) is 35.8 Å². The SMILES string of the molecule is N[C@@H](NC(=O)N1CCc2cnc(NC3CC(F)(F)C3)nc2C1)c1ccc(Cl)c(Cl)c1. The van der Waals surface area contributed by atoms with Crippen LogP contribution in [0.3, 0.4) is 0 Å². The number of carbonyl (C=O) groups is 1. The molecule has 1 fully saturated rings. The average molecular weight is 457 g/mol. The number of anilines is 1. The maximum absolute atomic E-state index is 13.0. The molecule has 4 rings (SSSR count). The van der Waals surface area contributed by atoms with Crippen LogP contribution in [0, 0.1) is 0 Å². The number of nitrogens with two attached hydrogens (primary N) is 1. The number of rotatable bonds is 4. The van der Waals surface area contributed by atoms with E-state index in [2.05, 4.69) is 20.6 Å². The quantitative estimate of drug-likeness (QED) is 0.609. The number of aromatic nitrogens is 2. The summed E-state index contributed by atoms with van der Waals surface area (Å²) in [5.41, 5.74) is 8.32. The molecule has 30 heavy (non-hydrogen) atoms. The molecule has 1 aromatic heterocycles. The first-order valence-electron chi connectivity index (χ1n) is 9.45. The van der Waals surface area contributed by atoms with Gasteiger partial charge in [0.15, 0.2) is 0 Å². The monoisotopic (exact) mass is 456 g/mol. The zero-order valence-corrected chi connectivity index (χ0v) is 17.4. The van der Waals surface area contributed by atoms with Crippen molar-refractivity contribution in [3.05, 3.63) is 51.3 Å². The highest BCUT2D eigenvalue weighted by Crippen LogP contribution is 2.38. The van der Waals surface area contributed by atoms with Gasteiger partial charge in [0.05, 0.1) is 22.3 Å². The van der Waals surface area contributed by atoms with Crippen LogP contribution in [0.15, 0.2) is 24.4 Å². The third-order valence-corrected chi connectivity index (χ3v) is 5.98. The second kappa shape index (κ2) is 8.13. The Bertz CT molecular complexity index is 968. The lowest BCUT2D eigenvalue weighted by Crippen LogP contribution is -2.46. The van der Waals surface area contributed by atoms with Crippen LogP contribution in [-0.4, -0.2) is 39.4 Å². The molecule has 1 saturated carbocycles. The van der Waals surface area contributed by atoms with Crippen LogP contribution in [0.2, 0.25) is 10.0 Å². The van der Waals surface area contributed by atoms with Crippen molar-refractivity contribution in [3.63, 3.8) is 0 Å². The number of hydrogen-bond donors (Lipinski definition) is 3. The molecule has 1 atom stereocenters. The van der Waals surface area contributed by atoms with Gasteiger partial charge in [0, 0.05) is 31.6 Å². The maximum Gasteiger partial charge on any atom is 0.319 e. The van der Waals surface area contributed by atoms with Crippen LogP contribution < -0.4 is 16.4 Å². The predicted molar refractivity (Wildman–Crippen MR) is 110 cm³/mol. The summed E-state index contributed by atoms with van der Waals surface area (Å²) in [6.45, 7) is 0.755. The third kappa shape index (κ3) is 4.58. The molecular formula is C19H20Cl2F2N6O. The van der Waals surface area contributed by atoms with Gasteiger partial charge in [-0.25, -0.2) is 23.5 Å². The number of carbonyl (C=O) groups excluding carboxylic acids is 1. The van der Waals surface area contributed by atoms with Gasteiger partial charge in [0.25, 0.3) is 5.92 Å². The summed E-state index contributed by atoms with van der Waals surface area (Å²) >= 11 is 11.9. The van der Waals surface area contributed by atoms with Crippen molar-refractivity contribution in [2.45, 2.75) is 43.9 Å². The number of amides is 2. The van der Waals surface area contributed by atoms with Gasteiger partial charge < -0.3 is 21.3 Å². The second-order valence-electron chi connectivity index (χ2n) is 7.54. The van der Waals surface area contributed by atoms with Crippen molar-refractivity contribution in [1.29, 1.82) is 0 Å². The minimum atomic E-state index is -2.62. The van der Waals surface area contributed by atoms with Crippen molar-refractivity contribution in [3.8, 4) is 0 Å². The van der Waals surface area contributed by atoms with E-state index >= 15 is 0 Å². The van der Waals surface area contributed by atoms with Gasteiger partial charge in [-0.2, -0.15) is 0 Å². The number of nitrogens with zero attached hydrogens (tertiary/aromatic N) is 3. The van der Waals surface area contributed by atoms with Gasteiger partial charge in [0.2, 0.25) is 5.95 Å². The molecule has 2 heterocycles. The van der Waals surface area contributed by atoms with Gasteiger partial charge in [0.1, 0.15) is 6.17 Å². The van der Waals surface area contributed by atoms with Crippen LogP contribution >= 0.6 is 23.2 Å². The lowest BCUT2D eigenvalue weighted by molar-refractivity contribution is -0.0794. The van der Waals surface area contributed by atoms with E-state index in [9.17, 15) is 13.6 Å². The second-order valence-corrected chi connectivity index (χ2v) is 8.36. The lowest BCUT2D eigenvalue weighted by atomic mass is 9.88. The molecule has 1 aliphatic carbocycles. The Balaban J connectivity index is 1.38. The molecule has 0 bridgehead atoms. The fourth-order valence-corrected chi connectivity index (χ4v) is 3.81. The van der Waals surface area contributed by atoms with Crippen molar-refractivity contribution >= 4 is 35.2 Å². The van der Waals surface area contributed by atoms with Crippen molar-refractivity contribution in [2.75, 3.05) is 11.9 Å². The van der Waals surface area contributed by atoms with Gasteiger partial charge in [-0.1, -0.05) is 29.3 Å². The van der Waals surface area contributed by atoms with E-state index in [1.54, 1.807) is 29.3 Å². The summed E-state index contributed by atoms with van der Waals surface area (Å²) in [4.78, 5) is 22.9. The third-order valence-electron chi connectivity index (χ3n) is 5.24. The fraction of sp³-hybridized carbons (Fsp3) is 0.421. The Morgan fingerprint density at radius 2 is 2.07 bits per heavy atom. The fourth-order valence-electron chi connectivity index (χ4n) is 3.51. The van der Waals surface area contributed by atoms with Crippen LogP contribution in [-0.2, 0) is 13.0 Å². The first kappa shape index (κ1) is 21.0. The normalized spacial score (nSPS) is 18.9. The largest absolute Gasteiger partial charge is 0.351 e. The molecule has 0 saturated heterocycles. The zero-order valence-electron chi connectivity index (χ0n) is 15.8. The van der Waals surface area contributed by atoms with Crippen molar-refractivity contribution in [1.82, 2.24) is 20.2 Å². The smallest absolute Gasteiger partial charge is 0.319 e. The molecule has 11 heteroatoms. The van der Waals surface area contributed by atoms with Gasteiger partial charge >= 0.3 is 6.03 Å². The molecule has 0 spiro atoms. The number of fused-ring (bicyclic) bond motifs is 1. The summed E-state index contributed by atoms with van der Waals surface area (Å²) in [7, 11) is 0. The molecule has 1 aliphatic heterocycles. The molecule has 4 N–H and O–H groups in total. The number of benzene rings is 1. The summed E-state index contributed by atoms with van der Waals surface area (Å²) in [6.07, 6.45) is 1.06. The number of alkyl halides is 2.